The minimum atomic E-state index is -0.717. The van der Waals surface area contributed by atoms with Gasteiger partial charge in [-0.05, 0) is 48.8 Å². The molecular formula is C18H18N2O. The lowest BCUT2D eigenvalue weighted by molar-refractivity contribution is 0.0243. The largest absolute Gasteiger partial charge is 0.387 e. The van der Waals surface area contributed by atoms with E-state index < -0.39 is 11.5 Å². The van der Waals surface area contributed by atoms with Crippen molar-refractivity contribution in [2.24, 2.45) is 17.3 Å². The summed E-state index contributed by atoms with van der Waals surface area (Å²) >= 11 is 0. The number of rotatable bonds is 2. The van der Waals surface area contributed by atoms with Crippen molar-refractivity contribution in [2.45, 2.75) is 31.8 Å². The average Bonchev–Trinajstić information content (AvgIpc) is 3.15. The van der Waals surface area contributed by atoms with Gasteiger partial charge in [0.05, 0.1) is 23.1 Å². The lowest BCUT2D eigenvalue weighted by atomic mass is 9.68. The van der Waals surface area contributed by atoms with E-state index in [-0.39, 0.29) is 0 Å². The number of aromatic nitrogens is 1. The number of nitrogens with zero attached hydrogens (tertiary/aromatic N) is 2. The monoisotopic (exact) mass is 278 g/mol. The number of nitriles is 1. The van der Waals surface area contributed by atoms with E-state index in [1.165, 1.54) is 6.42 Å². The van der Waals surface area contributed by atoms with Crippen LogP contribution in [-0.2, 0) is 0 Å². The minimum Gasteiger partial charge on any atom is -0.387 e. The van der Waals surface area contributed by atoms with E-state index >= 15 is 0 Å². The van der Waals surface area contributed by atoms with Gasteiger partial charge in [-0.3, -0.25) is 4.98 Å². The molecule has 4 unspecified atom stereocenters. The molecule has 2 aromatic rings. The van der Waals surface area contributed by atoms with Crippen LogP contribution in [0.5, 0.6) is 0 Å². The molecule has 0 aliphatic heterocycles. The zero-order valence-corrected chi connectivity index (χ0v) is 11.9. The highest BCUT2D eigenvalue weighted by Crippen LogP contribution is 2.60. The van der Waals surface area contributed by atoms with Crippen LogP contribution in [0.25, 0.3) is 10.9 Å². The summed E-state index contributed by atoms with van der Waals surface area (Å²) in [6.07, 6.45) is 5.26. The first-order valence-electron chi connectivity index (χ1n) is 7.67. The Bertz CT molecular complexity index is 730. The van der Waals surface area contributed by atoms with Crippen LogP contribution in [0.1, 0.15) is 37.4 Å². The van der Waals surface area contributed by atoms with Crippen LogP contribution in [0.2, 0.25) is 0 Å². The molecular weight excluding hydrogens is 260 g/mol. The summed E-state index contributed by atoms with van der Waals surface area (Å²) in [6, 6.07) is 12.2. The number of aliphatic hydroxyl groups excluding tert-OH is 1. The predicted octanol–water partition coefficient (Wildman–Crippen LogP) is 3.60. The fraction of sp³-hybridized carbons (Fsp3) is 0.444. The van der Waals surface area contributed by atoms with Gasteiger partial charge < -0.3 is 5.11 Å². The van der Waals surface area contributed by atoms with Crippen LogP contribution in [0.3, 0.4) is 0 Å². The zero-order chi connectivity index (χ0) is 14.4. The number of hydrogen-bond donors (Lipinski definition) is 1. The first-order valence-corrected chi connectivity index (χ1v) is 7.67. The Labute approximate surface area is 124 Å². The summed E-state index contributed by atoms with van der Waals surface area (Å²) < 4.78 is 0. The number of aliphatic hydroxyl groups is 1. The molecule has 1 N–H and O–H groups in total. The SMILES string of the molecule is N#CC1(C(O)c2ccnc3ccccc23)CC2CCC1C2. The molecule has 3 nitrogen and oxygen atoms in total. The third-order valence-corrected chi connectivity index (χ3v) is 5.57. The standard InChI is InChI=1S/C18H18N2O/c19-11-18(10-12-5-6-13(18)9-12)17(21)15-7-8-20-16-4-2-1-3-14(15)16/h1-4,7-8,12-13,17,21H,5-6,9-10H2. The Morgan fingerprint density at radius 2 is 2.14 bits per heavy atom. The van der Waals surface area contributed by atoms with Gasteiger partial charge in [-0.15, -0.1) is 0 Å². The van der Waals surface area contributed by atoms with Crippen LogP contribution in [0.4, 0.5) is 0 Å². The Morgan fingerprint density at radius 3 is 2.86 bits per heavy atom. The van der Waals surface area contributed by atoms with Gasteiger partial charge in [0.15, 0.2) is 0 Å². The van der Waals surface area contributed by atoms with Gasteiger partial charge in [0.25, 0.3) is 0 Å². The predicted molar refractivity (Wildman–Crippen MR) is 80.2 cm³/mol. The quantitative estimate of drug-likeness (QED) is 0.913. The maximum absolute atomic E-state index is 11.0. The van der Waals surface area contributed by atoms with Gasteiger partial charge >= 0.3 is 0 Å². The van der Waals surface area contributed by atoms with Crippen molar-refractivity contribution in [3.63, 3.8) is 0 Å². The van der Waals surface area contributed by atoms with E-state index in [2.05, 4.69) is 11.1 Å². The highest BCUT2D eigenvalue weighted by atomic mass is 16.3. The van der Waals surface area contributed by atoms with Crippen LogP contribution in [0.15, 0.2) is 36.5 Å². The number of para-hydroxylation sites is 1. The minimum absolute atomic E-state index is 0.342. The van der Waals surface area contributed by atoms with Crippen LogP contribution in [0, 0.1) is 28.6 Å². The highest BCUT2D eigenvalue weighted by molar-refractivity contribution is 5.82. The molecule has 1 aromatic heterocycles. The lowest BCUT2D eigenvalue weighted by Crippen LogP contribution is -2.33. The van der Waals surface area contributed by atoms with Crippen molar-refractivity contribution < 1.29 is 5.11 Å². The van der Waals surface area contributed by atoms with E-state index in [0.717, 1.165) is 35.7 Å². The normalized spacial score (nSPS) is 32.2. The maximum Gasteiger partial charge on any atom is 0.0986 e. The topological polar surface area (TPSA) is 56.9 Å². The van der Waals surface area contributed by atoms with Gasteiger partial charge in [0.2, 0.25) is 0 Å². The van der Waals surface area contributed by atoms with Gasteiger partial charge in [-0.25, -0.2) is 0 Å². The first-order chi connectivity index (χ1) is 10.2. The Balaban J connectivity index is 1.83. The molecule has 0 saturated heterocycles. The van der Waals surface area contributed by atoms with E-state index in [1.54, 1.807) is 6.20 Å². The maximum atomic E-state index is 11.0. The van der Waals surface area contributed by atoms with Crippen molar-refractivity contribution in [3.8, 4) is 6.07 Å². The van der Waals surface area contributed by atoms with Gasteiger partial charge in [0, 0.05) is 11.6 Å². The summed E-state index contributed by atoms with van der Waals surface area (Å²) in [5.41, 5.74) is 1.13. The summed E-state index contributed by atoms with van der Waals surface area (Å²) in [4.78, 5) is 4.35. The van der Waals surface area contributed by atoms with Crippen molar-refractivity contribution >= 4 is 10.9 Å². The second kappa shape index (κ2) is 4.54. The first kappa shape index (κ1) is 12.8. The summed E-state index contributed by atoms with van der Waals surface area (Å²) in [5, 5.41) is 21.8. The van der Waals surface area contributed by atoms with Crippen molar-refractivity contribution in [2.75, 3.05) is 0 Å². The summed E-state index contributed by atoms with van der Waals surface area (Å²) in [6.45, 7) is 0. The molecule has 106 valence electrons. The highest BCUT2D eigenvalue weighted by Gasteiger charge is 2.55. The third kappa shape index (κ3) is 1.72. The lowest BCUT2D eigenvalue weighted by Gasteiger charge is -2.36. The number of hydrogen-bond acceptors (Lipinski definition) is 3. The average molecular weight is 278 g/mol. The Kier molecular flexibility index (Phi) is 2.77. The van der Waals surface area contributed by atoms with Gasteiger partial charge in [-0.2, -0.15) is 5.26 Å². The molecule has 4 rings (SSSR count). The molecule has 0 radical (unpaired) electrons. The molecule has 2 aliphatic carbocycles. The molecule has 0 amide bonds. The van der Waals surface area contributed by atoms with E-state index in [0.29, 0.717) is 11.8 Å². The van der Waals surface area contributed by atoms with Crippen LogP contribution < -0.4 is 0 Å². The molecule has 3 heteroatoms. The van der Waals surface area contributed by atoms with Crippen molar-refractivity contribution in [1.29, 1.82) is 5.26 Å². The van der Waals surface area contributed by atoms with Crippen LogP contribution in [-0.4, -0.2) is 10.1 Å². The van der Waals surface area contributed by atoms with Crippen molar-refractivity contribution in [3.05, 3.63) is 42.1 Å². The molecule has 1 aromatic carbocycles. The molecule has 2 aliphatic rings. The summed E-state index contributed by atoms with van der Waals surface area (Å²) in [5.74, 6) is 0.965. The fourth-order valence-electron chi connectivity index (χ4n) is 4.54. The molecule has 2 saturated carbocycles. The van der Waals surface area contributed by atoms with Gasteiger partial charge in [-0.1, -0.05) is 24.6 Å². The number of pyridine rings is 1. The molecule has 1 heterocycles. The molecule has 4 atom stereocenters. The van der Waals surface area contributed by atoms with Crippen LogP contribution >= 0.6 is 0 Å². The number of benzene rings is 1. The zero-order valence-electron chi connectivity index (χ0n) is 11.9. The second-order valence-corrected chi connectivity index (χ2v) is 6.55. The summed E-state index contributed by atoms with van der Waals surface area (Å²) in [7, 11) is 0. The fourth-order valence-corrected chi connectivity index (χ4v) is 4.54. The Hall–Kier alpha value is -1.92. The second-order valence-electron chi connectivity index (χ2n) is 6.55. The van der Waals surface area contributed by atoms with E-state index in [9.17, 15) is 10.4 Å². The molecule has 0 spiro atoms. The Morgan fingerprint density at radius 1 is 1.29 bits per heavy atom. The number of fused-ring (bicyclic) bond motifs is 3. The smallest absolute Gasteiger partial charge is 0.0986 e. The molecule has 21 heavy (non-hydrogen) atoms. The molecule has 2 fully saturated rings. The van der Waals surface area contributed by atoms with E-state index in [4.69, 9.17) is 0 Å². The molecule has 2 bridgehead atoms. The van der Waals surface area contributed by atoms with E-state index in [1.807, 2.05) is 30.3 Å². The third-order valence-electron chi connectivity index (χ3n) is 5.57. The van der Waals surface area contributed by atoms with Crippen molar-refractivity contribution in [1.82, 2.24) is 4.98 Å². The van der Waals surface area contributed by atoms with Gasteiger partial charge in [0.1, 0.15) is 0 Å².